The van der Waals surface area contributed by atoms with Crippen molar-refractivity contribution in [1.82, 2.24) is 20.4 Å². The molecule has 1 heterocycles. The standard InChI is InChI=1S/C23H39N5O.HI/c1-5-24-23(25-13-8-16-28-15-7-9-19(2)18-28)26-14-12-20-10-6-11-21(17-20)22(29)27(3)4;/h6,10-11,17,19H,5,7-9,12-16,18H2,1-4H3,(H2,24,25,26);1H. The number of piperidine rings is 1. The van der Waals surface area contributed by atoms with Crippen LogP contribution in [-0.4, -0.2) is 75.0 Å². The van der Waals surface area contributed by atoms with Gasteiger partial charge in [0.2, 0.25) is 0 Å². The fraction of sp³-hybridized carbons (Fsp3) is 0.652. The van der Waals surface area contributed by atoms with Gasteiger partial charge in [0.05, 0.1) is 0 Å². The van der Waals surface area contributed by atoms with Crippen molar-refractivity contribution >= 4 is 35.8 Å². The van der Waals surface area contributed by atoms with Crippen molar-refractivity contribution < 1.29 is 4.79 Å². The maximum absolute atomic E-state index is 12.1. The van der Waals surface area contributed by atoms with Gasteiger partial charge in [0.15, 0.2) is 5.96 Å². The number of carbonyl (C=O) groups is 1. The highest BCUT2D eigenvalue weighted by atomic mass is 127. The van der Waals surface area contributed by atoms with Crippen molar-refractivity contribution in [3.05, 3.63) is 35.4 Å². The molecule has 170 valence electrons. The van der Waals surface area contributed by atoms with E-state index in [1.807, 2.05) is 18.2 Å². The monoisotopic (exact) mass is 529 g/mol. The lowest BCUT2D eigenvalue weighted by Gasteiger charge is -2.30. The first-order valence-electron chi connectivity index (χ1n) is 11.0. The van der Waals surface area contributed by atoms with Crippen LogP contribution in [0.3, 0.4) is 0 Å². The van der Waals surface area contributed by atoms with Gasteiger partial charge in [-0.05, 0) is 69.3 Å². The first-order valence-corrected chi connectivity index (χ1v) is 11.0. The highest BCUT2D eigenvalue weighted by Crippen LogP contribution is 2.15. The van der Waals surface area contributed by atoms with E-state index in [0.717, 1.165) is 62.0 Å². The molecule has 1 aliphatic heterocycles. The van der Waals surface area contributed by atoms with E-state index in [9.17, 15) is 4.79 Å². The number of benzene rings is 1. The van der Waals surface area contributed by atoms with Gasteiger partial charge in [-0.25, -0.2) is 0 Å². The van der Waals surface area contributed by atoms with E-state index in [2.05, 4.69) is 35.4 Å². The number of rotatable bonds is 9. The summed E-state index contributed by atoms with van der Waals surface area (Å²) in [6.45, 7) is 10.5. The van der Waals surface area contributed by atoms with Crippen LogP contribution in [0, 0.1) is 5.92 Å². The lowest BCUT2D eigenvalue weighted by atomic mass is 10.0. The summed E-state index contributed by atoms with van der Waals surface area (Å²) in [4.78, 5) is 21.0. The van der Waals surface area contributed by atoms with Crippen LogP contribution in [0.5, 0.6) is 0 Å². The first-order chi connectivity index (χ1) is 14.0. The second-order valence-electron chi connectivity index (χ2n) is 8.24. The molecular weight excluding hydrogens is 489 g/mol. The molecule has 2 N–H and O–H groups in total. The Hall–Kier alpha value is -1.35. The minimum Gasteiger partial charge on any atom is -0.357 e. The third-order valence-corrected chi connectivity index (χ3v) is 5.27. The highest BCUT2D eigenvalue weighted by Gasteiger charge is 2.15. The Labute approximate surface area is 199 Å². The zero-order chi connectivity index (χ0) is 21.1. The fourth-order valence-corrected chi connectivity index (χ4v) is 3.76. The summed E-state index contributed by atoms with van der Waals surface area (Å²) < 4.78 is 0. The average Bonchev–Trinajstić information content (AvgIpc) is 2.70. The van der Waals surface area contributed by atoms with Gasteiger partial charge in [-0.15, -0.1) is 24.0 Å². The zero-order valence-corrected chi connectivity index (χ0v) is 21.4. The largest absolute Gasteiger partial charge is 0.357 e. The molecule has 7 heteroatoms. The molecule has 1 saturated heterocycles. The summed E-state index contributed by atoms with van der Waals surface area (Å²) in [6.07, 6.45) is 4.65. The minimum atomic E-state index is 0. The summed E-state index contributed by atoms with van der Waals surface area (Å²) >= 11 is 0. The average molecular weight is 530 g/mol. The molecule has 2 rings (SSSR count). The maximum Gasteiger partial charge on any atom is 0.253 e. The SMILES string of the molecule is CCNC(=NCCCN1CCCC(C)C1)NCCc1cccc(C(=O)N(C)C)c1.I. The molecule has 1 aromatic rings. The summed E-state index contributed by atoms with van der Waals surface area (Å²) in [5.74, 6) is 1.75. The Bertz CT molecular complexity index is 665. The normalized spacial score (nSPS) is 17.2. The molecule has 30 heavy (non-hydrogen) atoms. The molecule has 1 atom stereocenters. The topological polar surface area (TPSA) is 60.0 Å². The van der Waals surface area contributed by atoms with Crippen LogP contribution in [0.1, 0.15) is 49.0 Å². The van der Waals surface area contributed by atoms with Crippen LogP contribution in [-0.2, 0) is 6.42 Å². The third-order valence-electron chi connectivity index (χ3n) is 5.27. The second-order valence-corrected chi connectivity index (χ2v) is 8.24. The number of nitrogens with zero attached hydrogens (tertiary/aromatic N) is 3. The van der Waals surface area contributed by atoms with Gasteiger partial charge < -0.3 is 20.4 Å². The van der Waals surface area contributed by atoms with Gasteiger partial charge in [-0.3, -0.25) is 9.79 Å². The molecule has 0 radical (unpaired) electrons. The molecule has 0 bridgehead atoms. The lowest BCUT2D eigenvalue weighted by Crippen LogP contribution is -2.38. The highest BCUT2D eigenvalue weighted by molar-refractivity contribution is 14.0. The van der Waals surface area contributed by atoms with Crippen molar-refractivity contribution in [2.24, 2.45) is 10.9 Å². The smallest absolute Gasteiger partial charge is 0.253 e. The first kappa shape index (κ1) is 26.7. The van der Waals surface area contributed by atoms with Gasteiger partial charge in [-0.1, -0.05) is 19.1 Å². The molecule has 0 aliphatic carbocycles. The molecule has 1 aromatic carbocycles. The van der Waals surface area contributed by atoms with Crippen molar-refractivity contribution in [1.29, 1.82) is 0 Å². The molecule has 0 saturated carbocycles. The quantitative estimate of drug-likeness (QED) is 0.223. The van der Waals surface area contributed by atoms with Crippen LogP contribution in [0.4, 0.5) is 0 Å². The number of nitrogens with one attached hydrogen (secondary N) is 2. The summed E-state index contributed by atoms with van der Waals surface area (Å²) in [7, 11) is 3.56. The van der Waals surface area contributed by atoms with Gasteiger partial charge in [0.25, 0.3) is 5.91 Å². The summed E-state index contributed by atoms with van der Waals surface area (Å²) in [6, 6.07) is 7.87. The molecule has 0 spiro atoms. The molecule has 1 unspecified atom stereocenters. The van der Waals surface area contributed by atoms with Gasteiger partial charge >= 0.3 is 0 Å². The number of carbonyl (C=O) groups excluding carboxylic acids is 1. The summed E-state index contributed by atoms with van der Waals surface area (Å²) in [5, 5.41) is 6.74. The van der Waals surface area contributed by atoms with Crippen LogP contribution < -0.4 is 10.6 Å². The number of hydrogen-bond acceptors (Lipinski definition) is 3. The molecular formula is C23H40IN5O. The predicted octanol–water partition coefficient (Wildman–Crippen LogP) is 3.23. The Morgan fingerprint density at radius 1 is 1.30 bits per heavy atom. The Morgan fingerprint density at radius 2 is 2.10 bits per heavy atom. The lowest BCUT2D eigenvalue weighted by molar-refractivity contribution is 0.0827. The third kappa shape index (κ3) is 9.64. The number of aliphatic imine (C=N–C) groups is 1. The Morgan fingerprint density at radius 3 is 2.80 bits per heavy atom. The summed E-state index contributed by atoms with van der Waals surface area (Å²) in [5.41, 5.74) is 1.89. The molecule has 1 amide bonds. The zero-order valence-electron chi connectivity index (χ0n) is 19.1. The van der Waals surface area contributed by atoms with Crippen molar-refractivity contribution in [2.45, 2.75) is 39.5 Å². The maximum atomic E-state index is 12.1. The van der Waals surface area contributed by atoms with Gasteiger partial charge in [0.1, 0.15) is 0 Å². The predicted molar refractivity (Wildman–Crippen MR) is 137 cm³/mol. The van der Waals surface area contributed by atoms with E-state index in [-0.39, 0.29) is 29.9 Å². The van der Waals surface area contributed by atoms with E-state index >= 15 is 0 Å². The minimum absolute atomic E-state index is 0. The molecule has 0 aromatic heterocycles. The Kier molecular flexibility index (Phi) is 13.0. The number of halogens is 1. The molecule has 6 nitrogen and oxygen atoms in total. The van der Waals surface area contributed by atoms with Crippen molar-refractivity contribution in [3.63, 3.8) is 0 Å². The van der Waals surface area contributed by atoms with E-state index < -0.39 is 0 Å². The molecule has 1 aliphatic rings. The Balaban J connectivity index is 0.00000450. The number of guanidine groups is 1. The van der Waals surface area contributed by atoms with E-state index in [4.69, 9.17) is 4.99 Å². The van der Waals surface area contributed by atoms with E-state index in [1.54, 1.807) is 19.0 Å². The van der Waals surface area contributed by atoms with Crippen molar-refractivity contribution in [2.75, 3.05) is 53.4 Å². The van der Waals surface area contributed by atoms with Crippen LogP contribution in [0.25, 0.3) is 0 Å². The van der Waals surface area contributed by atoms with Crippen LogP contribution in [0.2, 0.25) is 0 Å². The van der Waals surface area contributed by atoms with E-state index in [1.165, 1.54) is 25.9 Å². The molecule has 1 fully saturated rings. The number of hydrogen-bond donors (Lipinski definition) is 2. The van der Waals surface area contributed by atoms with Crippen LogP contribution >= 0.6 is 24.0 Å². The van der Waals surface area contributed by atoms with Gasteiger partial charge in [-0.2, -0.15) is 0 Å². The number of likely N-dealkylation sites (tertiary alicyclic amines) is 1. The van der Waals surface area contributed by atoms with Gasteiger partial charge in [0, 0.05) is 45.8 Å². The van der Waals surface area contributed by atoms with Crippen molar-refractivity contribution in [3.8, 4) is 0 Å². The van der Waals surface area contributed by atoms with E-state index in [0.29, 0.717) is 0 Å². The number of amides is 1. The fourth-order valence-electron chi connectivity index (χ4n) is 3.76. The van der Waals surface area contributed by atoms with Crippen LogP contribution in [0.15, 0.2) is 29.3 Å². The second kappa shape index (κ2) is 14.6.